The van der Waals surface area contributed by atoms with Crippen LogP contribution in [-0.2, 0) is 0 Å². The molecule has 0 saturated heterocycles. The lowest BCUT2D eigenvalue weighted by Crippen LogP contribution is -2.24. The standard InChI is InChI=1S/C31H34F5N5/c1-19(20-8-5-13-31(35,36)14-11-20)16-21-6-2-3-7-22-17-38-29(26-10-4-9-25(39-26)28(33)34)41-30(27(21)22)40-24-12-15-37-18-23(24)32/h2,4,6,9-10,12,15,18-20,22,28H,3,5,7-8,11,13-14,16-17H2,1H3,(H,37,38,40,41). The minimum Gasteiger partial charge on any atom is -0.337 e. The van der Waals surface area contributed by atoms with Crippen LogP contribution in [0.3, 0.4) is 0 Å². The molecular weight excluding hydrogens is 537 g/mol. The summed E-state index contributed by atoms with van der Waals surface area (Å²) in [4.78, 5) is 17.4. The van der Waals surface area contributed by atoms with Crippen molar-refractivity contribution >= 4 is 17.4 Å². The Morgan fingerprint density at radius 2 is 1.95 bits per heavy atom. The summed E-state index contributed by atoms with van der Waals surface area (Å²) in [6, 6.07) is 5.83. The smallest absolute Gasteiger partial charge is 0.280 e. The zero-order valence-corrected chi connectivity index (χ0v) is 23.0. The molecule has 2 aromatic heterocycles. The van der Waals surface area contributed by atoms with Gasteiger partial charge in [0.15, 0.2) is 11.7 Å². The van der Waals surface area contributed by atoms with Crippen LogP contribution >= 0.6 is 0 Å². The van der Waals surface area contributed by atoms with Crippen LogP contribution in [-0.4, -0.2) is 34.1 Å². The van der Waals surface area contributed by atoms with Crippen LogP contribution < -0.4 is 5.32 Å². The summed E-state index contributed by atoms with van der Waals surface area (Å²) in [7, 11) is 0. The Morgan fingerprint density at radius 3 is 2.76 bits per heavy atom. The maximum Gasteiger partial charge on any atom is 0.280 e. The number of amidine groups is 2. The van der Waals surface area contributed by atoms with Crippen LogP contribution in [0.2, 0.25) is 0 Å². The van der Waals surface area contributed by atoms with Crippen LogP contribution in [0.4, 0.5) is 27.6 Å². The van der Waals surface area contributed by atoms with Crippen molar-refractivity contribution < 1.29 is 22.0 Å². The molecule has 5 rings (SSSR count). The SMILES string of the molecule is CC(CC1=C2C(Nc3ccncc3F)=NC(c3cccc(C(F)F)n3)=NCC2CCC=C1)C1CCCC(F)(F)CC1. The fourth-order valence-corrected chi connectivity index (χ4v) is 6.03. The lowest BCUT2D eigenvalue weighted by atomic mass is 9.80. The van der Waals surface area contributed by atoms with Crippen LogP contribution in [0.5, 0.6) is 0 Å². The number of halogens is 5. The minimum atomic E-state index is -2.75. The molecule has 41 heavy (non-hydrogen) atoms. The molecule has 2 aliphatic carbocycles. The molecule has 2 aromatic rings. The van der Waals surface area contributed by atoms with Crippen molar-refractivity contribution in [3.63, 3.8) is 0 Å². The first kappa shape index (κ1) is 29.1. The van der Waals surface area contributed by atoms with Gasteiger partial charge < -0.3 is 5.32 Å². The first-order valence-electron chi connectivity index (χ1n) is 14.2. The van der Waals surface area contributed by atoms with Crippen molar-refractivity contribution in [1.29, 1.82) is 0 Å². The van der Waals surface area contributed by atoms with Gasteiger partial charge in [0.2, 0.25) is 5.92 Å². The number of pyridine rings is 2. The van der Waals surface area contributed by atoms with Gasteiger partial charge in [-0.3, -0.25) is 9.98 Å². The van der Waals surface area contributed by atoms with Gasteiger partial charge in [0.1, 0.15) is 17.2 Å². The van der Waals surface area contributed by atoms with Crippen LogP contribution in [0.1, 0.15) is 76.1 Å². The second-order valence-corrected chi connectivity index (χ2v) is 11.2. The Hall–Kier alpha value is -3.43. The fourth-order valence-electron chi connectivity index (χ4n) is 6.03. The molecule has 1 fully saturated rings. The van der Waals surface area contributed by atoms with Gasteiger partial charge in [-0.1, -0.05) is 25.1 Å². The molecule has 3 heterocycles. The number of anilines is 1. The Balaban J connectivity index is 1.55. The van der Waals surface area contributed by atoms with E-state index in [9.17, 15) is 22.0 Å². The maximum absolute atomic E-state index is 14.8. The largest absolute Gasteiger partial charge is 0.337 e. The van der Waals surface area contributed by atoms with Crippen molar-refractivity contribution in [3.05, 3.63) is 77.2 Å². The van der Waals surface area contributed by atoms with Crippen molar-refractivity contribution in [1.82, 2.24) is 9.97 Å². The van der Waals surface area contributed by atoms with Gasteiger partial charge in [-0.05, 0) is 74.1 Å². The molecule has 10 heteroatoms. The van der Waals surface area contributed by atoms with Crippen molar-refractivity contribution in [2.24, 2.45) is 27.7 Å². The molecule has 218 valence electrons. The lowest BCUT2D eigenvalue weighted by molar-refractivity contribution is -0.0153. The number of alkyl halides is 4. The third-order valence-electron chi connectivity index (χ3n) is 8.28. The van der Waals surface area contributed by atoms with E-state index in [0.29, 0.717) is 31.6 Å². The Kier molecular flexibility index (Phi) is 8.94. The predicted octanol–water partition coefficient (Wildman–Crippen LogP) is 8.33. The van der Waals surface area contributed by atoms with Crippen molar-refractivity contribution in [2.45, 2.75) is 70.6 Å². The van der Waals surface area contributed by atoms with E-state index < -0.39 is 18.2 Å². The minimum absolute atomic E-state index is 0.0642. The summed E-state index contributed by atoms with van der Waals surface area (Å²) in [5.74, 6) is -2.37. The molecule has 0 radical (unpaired) electrons. The maximum atomic E-state index is 14.8. The highest BCUT2D eigenvalue weighted by atomic mass is 19.3. The van der Waals surface area contributed by atoms with Gasteiger partial charge in [-0.25, -0.2) is 31.9 Å². The molecule has 3 atom stereocenters. The highest BCUT2D eigenvalue weighted by Crippen LogP contribution is 2.40. The number of fused-ring (bicyclic) bond motifs is 1. The second-order valence-electron chi connectivity index (χ2n) is 11.2. The Bertz CT molecular complexity index is 1370. The Labute approximate surface area is 236 Å². The van der Waals surface area contributed by atoms with Gasteiger partial charge in [-0.2, -0.15) is 0 Å². The summed E-state index contributed by atoms with van der Waals surface area (Å²) in [5, 5.41) is 3.14. The zero-order valence-electron chi connectivity index (χ0n) is 23.0. The molecule has 0 aromatic carbocycles. The molecule has 1 N–H and O–H groups in total. The van der Waals surface area contributed by atoms with E-state index >= 15 is 0 Å². The third-order valence-corrected chi connectivity index (χ3v) is 8.28. The van der Waals surface area contributed by atoms with Crippen molar-refractivity contribution in [3.8, 4) is 0 Å². The first-order chi connectivity index (χ1) is 19.7. The van der Waals surface area contributed by atoms with E-state index in [2.05, 4.69) is 34.4 Å². The van der Waals surface area contributed by atoms with E-state index in [1.807, 2.05) is 0 Å². The predicted molar refractivity (Wildman–Crippen MR) is 150 cm³/mol. The average Bonchev–Trinajstić information content (AvgIpc) is 3.34. The first-order valence-corrected chi connectivity index (χ1v) is 14.2. The lowest BCUT2D eigenvalue weighted by Gasteiger charge is -2.26. The highest BCUT2D eigenvalue weighted by Gasteiger charge is 2.35. The summed E-state index contributed by atoms with van der Waals surface area (Å²) in [6.45, 7) is 2.47. The number of aliphatic imine (C=N–C) groups is 2. The van der Waals surface area contributed by atoms with Crippen LogP contribution in [0.15, 0.2) is 69.9 Å². The van der Waals surface area contributed by atoms with Crippen LogP contribution in [0.25, 0.3) is 0 Å². The highest BCUT2D eigenvalue weighted by molar-refractivity contribution is 6.17. The number of allylic oxidation sites excluding steroid dienone is 3. The summed E-state index contributed by atoms with van der Waals surface area (Å²) in [5.41, 5.74) is 1.89. The van der Waals surface area contributed by atoms with Crippen LogP contribution in [0, 0.1) is 23.6 Å². The van der Waals surface area contributed by atoms with E-state index in [1.54, 1.807) is 6.07 Å². The quantitative estimate of drug-likeness (QED) is 0.280. The van der Waals surface area contributed by atoms with E-state index in [-0.39, 0.29) is 53.5 Å². The van der Waals surface area contributed by atoms with E-state index in [0.717, 1.165) is 36.6 Å². The number of rotatable bonds is 6. The molecule has 3 aliphatic rings. The zero-order chi connectivity index (χ0) is 29.0. The number of hydrogen-bond donors (Lipinski definition) is 1. The molecule has 1 saturated carbocycles. The normalized spacial score (nSPS) is 23.6. The molecule has 0 bridgehead atoms. The van der Waals surface area contributed by atoms with Gasteiger partial charge in [0.25, 0.3) is 6.43 Å². The monoisotopic (exact) mass is 571 g/mol. The number of hydrogen-bond acceptors (Lipinski definition) is 5. The van der Waals surface area contributed by atoms with E-state index in [1.165, 1.54) is 24.4 Å². The molecular formula is C31H34F5N5. The van der Waals surface area contributed by atoms with Gasteiger partial charge >= 0.3 is 0 Å². The van der Waals surface area contributed by atoms with Gasteiger partial charge in [-0.15, -0.1) is 0 Å². The fraction of sp³-hybridized carbons (Fsp3) is 0.484. The molecule has 1 aliphatic heterocycles. The number of nitrogens with one attached hydrogen (secondary N) is 1. The summed E-state index contributed by atoms with van der Waals surface area (Å²) in [6.07, 6.45) is 7.78. The third kappa shape index (κ3) is 7.08. The summed E-state index contributed by atoms with van der Waals surface area (Å²) < 4.78 is 69.8. The molecule has 5 nitrogen and oxygen atoms in total. The summed E-state index contributed by atoms with van der Waals surface area (Å²) >= 11 is 0. The van der Waals surface area contributed by atoms with Gasteiger partial charge in [0.05, 0.1) is 11.9 Å². The molecule has 0 amide bonds. The van der Waals surface area contributed by atoms with E-state index in [4.69, 9.17) is 9.98 Å². The van der Waals surface area contributed by atoms with Gasteiger partial charge in [0, 0.05) is 37.1 Å². The number of aromatic nitrogens is 2. The molecule has 3 unspecified atom stereocenters. The molecule has 0 spiro atoms. The second kappa shape index (κ2) is 12.6. The topological polar surface area (TPSA) is 62.5 Å². The Morgan fingerprint density at radius 1 is 1.10 bits per heavy atom. The number of nitrogens with zero attached hydrogens (tertiary/aromatic N) is 4. The average molecular weight is 572 g/mol. The van der Waals surface area contributed by atoms with Crippen molar-refractivity contribution in [2.75, 3.05) is 11.9 Å².